The zero-order valence-electron chi connectivity index (χ0n) is 10.5. The average Bonchev–Trinajstić information content (AvgIpc) is 2.25. The molecule has 0 aromatic heterocycles. The predicted octanol–water partition coefficient (Wildman–Crippen LogP) is 1.49. The highest BCUT2D eigenvalue weighted by molar-refractivity contribution is 4.74. The number of rotatable bonds is 6. The number of likely N-dealkylation sites (N-methyl/N-ethyl adjacent to an activating group) is 1. The van der Waals surface area contributed by atoms with E-state index < -0.39 is 0 Å². The van der Waals surface area contributed by atoms with Gasteiger partial charge in [0.25, 0.3) is 0 Å². The van der Waals surface area contributed by atoms with Gasteiger partial charge < -0.3 is 15.0 Å². The summed E-state index contributed by atoms with van der Waals surface area (Å²) in [7, 11) is 0. The molecule has 1 fully saturated rings. The van der Waals surface area contributed by atoms with Crippen LogP contribution in [0.1, 0.15) is 33.6 Å². The molecule has 0 bridgehead atoms. The van der Waals surface area contributed by atoms with Gasteiger partial charge in [-0.2, -0.15) is 0 Å². The van der Waals surface area contributed by atoms with Crippen LogP contribution in [0, 0.1) is 0 Å². The standard InChI is InChI=1S/C12H26N2O/c1-4-14(5-2)8-7-13-12-6-9-15-11(3)10-12/h11-13H,4-10H2,1-3H3. The number of ether oxygens (including phenoxy) is 1. The van der Waals surface area contributed by atoms with E-state index in [0.717, 1.165) is 32.7 Å². The van der Waals surface area contributed by atoms with E-state index in [1.807, 2.05) is 0 Å². The molecule has 0 saturated carbocycles. The molecule has 1 heterocycles. The first-order chi connectivity index (χ1) is 7.26. The summed E-state index contributed by atoms with van der Waals surface area (Å²) in [6.45, 7) is 12.1. The molecule has 0 spiro atoms. The molecule has 3 nitrogen and oxygen atoms in total. The average molecular weight is 214 g/mol. The van der Waals surface area contributed by atoms with Gasteiger partial charge in [-0.15, -0.1) is 0 Å². The van der Waals surface area contributed by atoms with Gasteiger partial charge in [-0.3, -0.25) is 0 Å². The first kappa shape index (κ1) is 12.9. The Hall–Kier alpha value is -0.120. The van der Waals surface area contributed by atoms with Crippen molar-refractivity contribution in [3.8, 4) is 0 Å². The Morgan fingerprint density at radius 3 is 2.67 bits per heavy atom. The lowest BCUT2D eigenvalue weighted by molar-refractivity contribution is 0.0131. The summed E-state index contributed by atoms with van der Waals surface area (Å²) in [5.41, 5.74) is 0. The molecule has 2 unspecified atom stereocenters. The second-order valence-electron chi connectivity index (χ2n) is 4.38. The Kier molecular flexibility index (Phi) is 6.22. The van der Waals surface area contributed by atoms with E-state index in [2.05, 4.69) is 31.0 Å². The highest BCUT2D eigenvalue weighted by atomic mass is 16.5. The molecule has 1 saturated heterocycles. The SMILES string of the molecule is CCN(CC)CCNC1CCOC(C)C1. The third-order valence-electron chi connectivity index (χ3n) is 3.24. The monoisotopic (exact) mass is 214 g/mol. The van der Waals surface area contributed by atoms with Crippen LogP contribution in [0.4, 0.5) is 0 Å². The van der Waals surface area contributed by atoms with E-state index in [1.165, 1.54) is 13.0 Å². The van der Waals surface area contributed by atoms with Gasteiger partial charge in [0, 0.05) is 25.7 Å². The lowest BCUT2D eigenvalue weighted by Crippen LogP contribution is -2.41. The first-order valence-corrected chi connectivity index (χ1v) is 6.33. The number of hydrogen-bond acceptors (Lipinski definition) is 3. The summed E-state index contributed by atoms with van der Waals surface area (Å²) in [5.74, 6) is 0. The minimum atomic E-state index is 0.435. The third kappa shape index (κ3) is 4.96. The van der Waals surface area contributed by atoms with Crippen molar-refractivity contribution >= 4 is 0 Å². The van der Waals surface area contributed by atoms with E-state index in [1.54, 1.807) is 0 Å². The molecule has 0 aliphatic carbocycles. The van der Waals surface area contributed by atoms with Crippen LogP contribution >= 0.6 is 0 Å². The lowest BCUT2D eigenvalue weighted by atomic mass is 10.0. The predicted molar refractivity (Wildman–Crippen MR) is 64.2 cm³/mol. The van der Waals surface area contributed by atoms with Crippen molar-refractivity contribution in [2.75, 3.05) is 32.8 Å². The molecule has 1 N–H and O–H groups in total. The molecule has 1 rings (SSSR count). The normalized spacial score (nSPS) is 27.2. The summed E-state index contributed by atoms with van der Waals surface area (Å²) in [5, 5.41) is 3.63. The maximum absolute atomic E-state index is 5.53. The van der Waals surface area contributed by atoms with Crippen molar-refractivity contribution in [2.24, 2.45) is 0 Å². The van der Waals surface area contributed by atoms with Gasteiger partial charge in [-0.1, -0.05) is 13.8 Å². The maximum Gasteiger partial charge on any atom is 0.0561 e. The second kappa shape index (κ2) is 7.20. The van der Waals surface area contributed by atoms with Gasteiger partial charge in [-0.25, -0.2) is 0 Å². The molecule has 1 aliphatic rings. The summed E-state index contributed by atoms with van der Waals surface area (Å²) >= 11 is 0. The van der Waals surface area contributed by atoms with E-state index in [-0.39, 0.29) is 0 Å². The second-order valence-corrected chi connectivity index (χ2v) is 4.38. The van der Waals surface area contributed by atoms with Crippen LogP contribution in [0.15, 0.2) is 0 Å². The molecule has 15 heavy (non-hydrogen) atoms. The van der Waals surface area contributed by atoms with E-state index in [9.17, 15) is 0 Å². The van der Waals surface area contributed by atoms with Gasteiger partial charge in [0.15, 0.2) is 0 Å². The van der Waals surface area contributed by atoms with Crippen molar-refractivity contribution < 1.29 is 4.74 Å². The van der Waals surface area contributed by atoms with Crippen molar-refractivity contribution in [1.82, 2.24) is 10.2 Å². The largest absolute Gasteiger partial charge is 0.378 e. The molecule has 0 aromatic carbocycles. The molecule has 2 atom stereocenters. The van der Waals surface area contributed by atoms with Crippen LogP contribution < -0.4 is 5.32 Å². The minimum absolute atomic E-state index is 0.435. The summed E-state index contributed by atoms with van der Waals surface area (Å²) < 4.78 is 5.53. The maximum atomic E-state index is 5.53. The fourth-order valence-electron chi connectivity index (χ4n) is 2.15. The first-order valence-electron chi connectivity index (χ1n) is 6.33. The zero-order chi connectivity index (χ0) is 11.1. The zero-order valence-corrected chi connectivity index (χ0v) is 10.5. The molecule has 0 amide bonds. The van der Waals surface area contributed by atoms with Crippen molar-refractivity contribution in [2.45, 2.75) is 45.8 Å². The van der Waals surface area contributed by atoms with Crippen molar-refractivity contribution in [3.63, 3.8) is 0 Å². The van der Waals surface area contributed by atoms with E-state index >= 15 is 0 Å². The number of nitrogens with zero attached hydrogens (tertiary/aromatic N) is 1. The topological polar surface area (TPSA) is 24.5 Å². The Labute approximate surface area is 94.2 Å². The Balaban J connectivity index is 2.08. The van der Waals surface area contributed by atoms with Gasteiger partial charge >= 0.3 is 0 Å². The Morgan fingerprint density at radius 2 is 2.07 bits per heavy atom. The summed E-state index contributed by atoms with van der Waals surface area (Å²) in [6, 6.07) is 0.671. The van der Waals surface area contributed by atoms with Gasteiger partial charge in [0.05, 0.1) is 6.10 Å². The molecular formula is C12H26N2O. The lowest BCUT2D eigenvalue weighted by Gasteiger charge is -2.29. The third-order valence-corrected chi connectivity index (χ3v) is 3.24. The van der Waals surface area contributed by atoms with E-state index in [0.29, 0.717) is 12.1 Å². The fraction of sp³-hybridized carbons (Fsp3) is 1.00. The van der Waals surface area contributed by atoms with Gasteiger partial charge in [0.2, 0.25) is 0 Å². The highest BCUT2D eigenvalue weighted by Gasteiger charge is 2.18. The van der Waals surface area contributed by atoms with Crippen LogP contribution in [0.2, 0.25) is 0 Å². The molecule has 3 heteroatoms. The Morgan fingerprint density at radius 1 is 1.33 bits per heavy atom. The van der Waals surface area contributed by atoms with Gasteiger partial charge in [0.1, 0.15) is 0 Å². The van der Waals surface area contributed by atoms with Crippen LogP contribution in [0.3, 0.4) is 0 Å². The fourth-order valence-corrected chi connectivity index (χ4v) is 2.15. The van der Waals surface area contributed by atoms with Crippen LogP contribution in [0.5, 0.6) is 0 Å². The highest BCUT2D eigenvalue weighted by Crippen LogP contribution is 2.12. The van der Waals surface area contributed by atoms with Gasteiger partial charge in [-0.05, 0) is 32.9 Å². The van der Waals surface area contributed by atoms with Crippen LogP contribution in [0.25, 0.3) is 0 Å². The molecule has 0 aromatic rings. The summed E-state index contributed by atoms with van der Waals surface area (Å²) in [4.78, 5) is 2.45. The van der Waals surface area contributed by atoms with Crippen LogP contribution in [-0.2, 0) is 4.74 Å². The van der Waals surface area contributed by atoms with E-state index in [4.69, 9.17) is 4.74 Å². The number of hydrogen-bond donors (Lipinski definition) is 1. The molecular weight excluding hydrogens is 188 g/mol. The van der Waals surface area contributed by atoms with Crippen molar-refractivity contribution in [1.29, 1.82) is 0 Å². The Bertz CT molecular complexity index is 160. The smallest absolute Gasteiger partial charge is 0.0561 e. The minimum Gasteiger partial charge on any atom is -0.378 e. The molecule has 90 valence electrons. The van der Waals surface area contributed by atoms with Crippen LogP contribution in [-0.4, -0.2) is 49.8 Å². The molecule has 0 radical (unpaired) electrons. The molecule has 1 aliphatic heterocycles. The van der Waals surface area contributed by atoms with Crippen molar-refractivity contribution in [3.05, 3.63) is 0 Å². The quantitative estimate of drug-likeness (QED) is 0.725. The number of nitrogens with one attached hydrogen (secondary N) is 1. The summed E-state index contributed by atoms with van der Waals surface area (Å²) in [6.07, 6.45) is 2.77.